The van der Waals surface area contributed by atoms with Crippen molar-refractivity contribution in [3.63, 3.8) is 0 Å². The SMILES string of the molecule is CC(=O)c1ccc(Nc2ccc(I)cc2Cl)cc1N. The number of benzene rings is 2. The van der Waals surface area contributed by atoms with E-state index >= 15 is 0 Å². The van der Waals surface area contributed by atoms with Gasteiger partial charge in [-0.1, -0.05) is 11.6 Å². The Bertz CT molecular complexity index is 643. The van der Waals surface area contributed by atoms with E-state index in [1.165, 1.54) is 6.92 Å². The molecule has 0 saturated heterocycles. The minimum atomic E-state index is -0.0450. The van der Waals surface area contributed by atoms with E-state index < -0.39 is 0 Å². The van der Waals surface area contributed by atoms with Crippen molar-refractivity contribution in [2.24, 2.45) is 0 Å². The van der Waals surface area contributed by atoms with Crippen molar-refractivity contribution in [1.29, 1.82) is 0 Å². The van der Waals surface area contributed by atoms with E-state index in [1.807, 2.05) is 18.2 Å². The third kappa shape index (κ3) is 3.39. The fourth-order valence-electron chi connectivity index (χ4n) is 1.71. The highest BCUT2D eigenvalue weighted by atomic mass is 127. The molecule has 5 heteroatoms. The first kappa shape index (κ1) is 14.1. The van der Waals surface area contributed by atoms with Gasteiger partial charge in [0.1, 0.15) is 0 Å². The Morgan fingerprint density at radius 2 is 2.00 bits per heavy atom. The van der Waals surface area contributed by atoms with Gasteiger partial charge >= 0.3 is 0 Å². The van der Waals surface area contributed by atoms with Crippen LogP contribution < -0.4 is 11.1 Å². The van der Waals surface area contributed by atoms with Gasteiger partial charge < -0.3 is 11.1 Å². The van der Waals surface area contributed by atoms with Crippen molar-refractivity contribution in [2.45, 2.75) is 6.92 Å². The largest absolute Gasteiger partial charge is 0.398 e. The summed E-state index contributed by atoms with van der Waals surface area (Å²) in [7, 11) is 0. The molecule has 98 valence electrons. The molecule has 0 bridgehead atoms. The minimum Gasteiger partial charge on any atom is -0.398 e. The number of nitrogens with two attached hydrogens (primary N) is 1. The molecule has 0 amide bonds. The summed E-state index contributed by atoms with van der Waals surface area (Å²) < 4.78 is 1.07. The maximum Gasteiger partial charge on any atom is 0.161 e. The fraction of sp³-hybridized carbons (Fsp3) is 0.0714. The molecule has 2 aromatic carbocycles. The van der Waals surface area contributed by atoms with Crippen LogP contribution >= 0.6 is 34.2 Å². The number of ketones is 1. The highest BCUT2D eigenvalue weighted by molar-refractivity contribution is 14.1. The molecule has 3 nitrogen and oxygen atoms in total. The molecule has 0 radical (unpaired) electrons. The number of hydrogen-bond acceptors (Lipinski definition) is 3. The number of halogens is 2. The molecule has 3 N–H and O–H groups in total. The number of nitrogen functional groups attached to an aromatic ring is 1. The average molecular weight is 387 g/mol. The summed E-state index contributed by atoms with van der Waals surface area (Å²) in [6, 6.07) is 11.0. The number of carbonyl (C=O) groups is 1. The number of carbonyl (C=O) groups excluding carboxylic acids is 1. The van der Waals surface area contributed by atoms with Gasteiger partial charge in [-0.25, -0.2) is 0 Å². The van der Waals surface area contributed by atoms with E-state index in [-0.39, 0.29) is 5.78 Å². The first-order chi connectivity index (χ1) is 8.97. The summed E-state index contributed by atoms with van der Waals surface area (Å²) in [5.41, 5.74) is 8.43. The van der Waals surface area contributed by atoms with Crippen LogP contribution in [0.15, 0.2) is 36.4 Å². The lowest BCUT2D eigenvalue weighted by Gasteiger charge is -2.10. The van der Waals surface area contributed by atoms with E-state index in [4.69, 9.17) is 17.3 Å². The summed E-state index contributed by atoms with van der Waals surface area (Å²) in [6.07, 6.45) is 0. The second kappa shape index (κ2) is 5.79. The van der Waals surface area contributed by atoms with Crippen molar-refractivity contribution in [3.8, 4) is 0 Å². The van der Waals surface area contributed by atoms with Crippen LogP contribution in [0.5, 0.6) is 0 Å². The summed E-state index contributed by atoms with van der Waals surface area (Å²) in [5.74, 6) is -0.0450. The van der Waals surface area contributed by atoms with Crippen LogP contribution in [0, 0.1) is 3.57 Å². The topological polar surface area (TPSA) is 55.1 Å². The summed E-state index contributed by atoms with van der Waals surface area (Å²) in [4.78, 5) is 11.3. The molecule has 0 saturated carbocycles. The quantitative estimate of drug-likeness (QED) is 0.465. The first-order valence-electron chi connectivity index (χ1n) is 5.60. The molecule has 0 fully saturated rings. The Labute approximate surface area is 130 Å². The number of hydrogen-bond donors (Lipinski definition) is 2. The average Bonchev–Trinajstić information content (AvgIpc) is 2.32. The molecule has 0 aliphatic carbocycles. The van der Waals surface area contributed by atoms with Gasteiger partial charge in [-0.15, -0.1) is 0 Å². The van der Waals surface area contributed by atoms with Gasteiger partial charge in [-0.05, 0) is 65.9 Å². The van der Waals surface area contributed by atoms with E-state index in [1.54, 1.807) is 18.2 Å². The maximum absolute atomic E-state index is 11.3. The Morgan fingerprint density at radius 3 is 2.58 bits per heavy atom. The van der Waals surface area contributed by atoms with Gasteiger partial charge in [0.05, 0.1) is 10.7 Å². The first-order valence-corrected chi connectivity index (χ1v) is 7.05. The van der Waals surface area contributed by atoms with Gasteiger partial charge in [0.2, 0.25) is 0 Å². The second-order valence-corrected chi connectivity index (χ2v) is 5.76. The predicted molar refractivity (Wildman–Crippen MR) is 88.3 cm³/mol. The normalized spacial score (nSPS) is 10.3. The molecule has 2 rings (SSSR count). The number of anilines is 3. The Balaban J connectivity index is 2.29. The van der Waals surface area contributed by atoms with Gasteiger partial charge in [0.15, 0.2) is 5.78 Å². The molecule has 19 heavy (non-hydrogen) atoms. The smallest absolute Gasteiger partial charge is 0.161 e. The zero-order valence-electron chi connectivity index (χ0n) is 10.2. The molecule has 0 heterocycles. The fourth-order valence-corrected chi connectivity index (χ4v) is 2.61. The maximum atomic E-state index is 11.3. The van der Waals surface area contributed by atoms with Crippen molar-refractivity contribution < 1.29 is 4.79 Å². The third-order valence-electron chi connectivity index (χ3n) is 2.64. The van der Waals surface area contributed by atoms with Gasteiger partial charge in [0.25, 0.3) is 0 Å². The summed E-state index contributed by atoms with van der Waals surface area (Å²) in [5, 5.41) is 3.82. The standard InChI is InChI=1S/C14H12ClIN2O/c1-8(19)11-4-3-10(7-13(11)17)18-14-5-2-9(16)6-12(14)15/h2-7,18H,17H2,1H3. The molecular formula is C14H12ClIN2O. The highest BCUT2D eigenvalue weighted by Gasteiger charge is 2.06. The van der Waals surface area contributed by atoms with Crippen LogP contribution in [0.3, 0.4) is 0 Å². The lowest BCUT2D eigenvalue weighted by atomic mass is 10.1. The van der Waals surface area contributed by atoms with Crippen LogP contribution in [0.2, 0.25) is 5.02 Å². The predicted octanol–water partition coefficient (Wildman–Crippen LogP) is 4.47. The van der Waals surface area contributed by atoms with Gasteiger partial charge in [-0.2, -0.15) is 0 Å². The monoisotopic (exact) mass is 386 g/mol. The highest BCUT2D eigenvalue weighted by Crippen LogP contribution is 2.28. The Morgan fingerprint density at radius 1 is 1.26 bits per heavy atom. The van der Waals surface area contributed by atoms with E-state index in [9.17, 15) is 4.79 Å². The third-order valence-corrected chi connectivity index (χ3v) is 3.62. The van der Waals surface area contributed by atoms with Crippen LogP contribution in [0.25, 0.3) is 0 Å². The Hall–Kier alpha value is -1.27. The lowest BCUT2D eigenvalue weighted by Crippen LogP contribution is -2.01. The van der Waals surface area contributed by atoms with E-state index in [0.29, 0.717) is 16.3 Å². The molecule has 0 aromatic heterocycles. The lowest BCUT2D eigenvalue weighted by molar-refractivity contribution is 0.101. The zero-order valence-corrected chi connectivity index (χ0v) is 13.1. The van der Waals surface area contributed by atoms with E-state index in [0.717, 1.165) is 14.9 Å². The van der Waals surface area contributed by atoms with Crippen molar-refractivity contribution >= 4 is 57.0 Å². The minimum absolute atomic E-state index is 0.0450. The molecular weight excluding hydrogens is 375 g/mol. The molecule has 0 aliphatic heterocycles. The molecule has 2 aromatic rings. The van der Waals surface area contributed by atoms with Gasteiger partial charge in [0, 0.05) is 20.5 Å². The van der Waals surface area contributed by atoms with Crippen LogP contribution in [-0.4, -0.2) is 5.78 Å². The second-order valence-electron chi connectivity index (χ2n) is 4.11. The summed E-state index contributed by atoms with van der Waals surface area (Å²) >= 11 is 8.35. The number of rotatable bonds is 3. The molecule has 0 unspecified atom stereocenters. The molecule has 0 atom stereocenters. The number of nitrogens with one attached hydrogen (secondary N) is 1. The van der Waals surface area contributed by atoms with Crippen molar-refractivity contribution in [3.05, 3.63) is 50.6 Å². The zero-order chi connectivity index (χ0) is 14.0. The van der Waals surface area contributed by atoms with Crippen LogP contribution in [-0.2, 0) is 0 Å². The Kier molecular flexibility index (Phi) is 4.31. The van der Waals surface area contributed by atoms with Crippen molar-refractivity contribution in [2.75, 3.05) is 11.1 Å². The molecule has 0 aliphatic rings. The van der Waals surface area contributed by atoms with Crippen LogP contribution in [0.4, 0.5) is 17.1 Å². The molecule has 0 spiro atoms. The number of Topliss-reactive ketones (excluding diaryl/α,β-unsaturated/α-hetero) is 1. The van der Waals surface area contributed by atoms with Gasteiger partial charge in [-0.3, -0.25) is 4.79 Å². The van der Waals surface area contributed by atoms with Crippen molar-refractivity contribution in [1.82, 2.24) is 0 Å². The van der Waals surface area contributed by atoms with Crippen LogP contribution in [0.1, 0.15) is 17.3 Å². The summed E-state index contributed by atoms with van der Waals surface area (Å²) in [6.45, 7) is 1.49. The van der Waals surface area contributed by atoms with E-state index in [2.05, 4.69) is 27.9 Å².